The first-order valence-electron chi connectivity index (χ1n) is 10.9. The minimum atomic E-state index is -0.248. The van der Waals surface area contributed by atoms with Crippen molar-refractivity contribution in [1.29, 1.82) is 0 Å². The van der Waals surface area contributed by atoms with Gasteiger partial charge in [0.2, 0.25) is 5.13 Å². The van der Waals surface area contributed by atoms with Gasteiger partial charge in [0.15, 0.2) is 11.5 Å². The second-order valence-electron chi connectivity index (χ2n) is 7.59. The molecule has 6 nitrogen and oxygen atoms in total. The summed E-state index contributed by atoms with van der Waals surface area (Å²) in [5.41, 5.74) is 2.66. The first-order chi connectivity index (χ1) is 17.0. The molecule has 0 fully saturated rings. The van der Waals surface area contributed by atoms with Gasteiger partial charge < -0.3 is 9.84 Å². The molecule has 0 aliphatic carbocycles. The van der Waals surface area contributed by atoms with Crippen LogP contribution in [0, 0.1) is 0 Å². The fourth-order valence-corrected chi connectivity index (χ4v) is 5.42. The van der Waals surface area contributed by atoms with Crippen molar-refractivity contribution in [3.05, 3.63) is 82.9 Å². The summed E-state index contributed by atoms with van der Waals surface area (Å²) in [4.78, 5) is 19.2. The molecule has 0 spiro atoms. The van der Waals surface area contributed by atoms with E-state index in [0.717, 1.165) is 20.7 Å². The smallest absolute Gasteiger partial charge is 0.282 e. The highest BCUT2D eigenvalue weighted by molar-refractivity contribution is 8.00. The van der Waals surface area contributed by atoms with E-state index in [1.165, 1.54) is 16.3 Å². The van der Waals surface area contributed by atoms with Crippen LogP contribution >= 0.6 is 34.7 Å². The van der Waals surface area contributed by atoms with Gasteiger partial charge in [0.1, 0.15) is 0 Å². The molecule has 4 aromatic rings. The maximum atomic E-state index is 13.5. The third-order valence-corrected chi connectivity index (χ3v) is 7.49. The summed E-state index contributed by atoms with van der Waals surface area (Å²) < 4.78 is 6.49. The number of hydrazone groups is 1. The van der Waals surface area contributed by atoms with Gasteiger partial charge in [0.05, 0.1) is 28.1 Å². The molecule has 1 amide bonds. The highest BCUT2D eigenvalue weighted by atomic mass is 35.5. The van der Waals surface area contributed by atoms with Crippen LogP contribution < -0.4 is 9.75 Å². The zero-order valence-corrected chi connectivity index (χ0v) is 21.0. The second kappa shape index (κ2) is 10.1. The molecule has 1 aromatic heterocycles. The van der Waals surface area contributed by atoms with Gasteiger partial charge in [-0.15, -0.1) is 11.8 Å². The zero-order valence-electron chi connectivity index (χ0n) is 18.6. The Morgan fingerprint density at radius 1 is 1.14 bits per heavy atom. The lowest BCUT2D eigenvalue weighted by molar-refractivity contribution is -0.114. The summed E-state index contributed by atoms with van der Waals surface area (Å²) in [5, 5.41) is 17.3. The average molecular weight is 522 g/mol. The van der Waals surface area contributed by atoms with E-state index < -0.39 is 0 Å². The first-order valence-corrected chi connectivity index (χ1v) is 13.0. The summed E-state index contributed by atoms with van der Waals surface area (Å²) in [7, 11) is 0. The number of hydrogen-bond donors (Lipinski definition) is 1. The maximum absolute atomic E-state index is 13.5. The van der Waals surface area contributed by atoms with Crippen molar-refractivity contribution in [1.82, 2.24) is 4.98 Å². The normalized spacial score (nSPS) is 14.7. The number of para-hydroxylation sites is 1. The number of nitrogens with zero attached hydrogens (tertiary/aromatic N) is 3. The number of carbonyl (C=O) groups is 1. The number of aromatic hydroxyl groups is 1. The van der Waals surface area contributed by atoms with Crippen molar-refractivity contribution in [2.45, 2.75) is 11.8 Å². The number of aromatic nitrogens is 1. The first kappa shape index (κ1) is 23.4. The zero-order chi connectivity index (χ0) is 24.4. The molecule has 1 aliphatic rings. The van der Waals surface area contributed by atoms with Gasteiger partial charge in [-0.3, -0.25) is 4.79 Å². The van der Waals surface area contributed by atoms with Crippen molar-refractivity contribution >= 4 is 67.7 Å². The molecule has 0 unspecified atom stereocenters. The number of benzene rings is 3. The minimum Gasteiger partial charge on any atom is -0.504 e. The van der Waals surface area contributed by atoms with E-state index in [0.29, 0.717) is 39.5 Å². The number of fused-ring (bicyclic) bond motifs is 1. The molecule has 1 aliphatic heterocycles. The van der Waals surface area contributed by atoms with Gasteiger partial charge in [-0.2, -0.15) is 10.1 Å². The summed E-state index contributed by atoms with van der Waals surface area (Å²) in [6.45, 7) is 2.27. The number of anilines is 1. The molecule has 5 rings (SSSR count). The maximum Gasteiger partial charge on any atom is 0.282 e. The van der Waals surface area contributed by atoms with Gasteiger partial charge in [0.25, 0.3) is 5.91 Å². The Morgan fingerprint density at radius 3 is 2.71 bits per heavy atom. The molecule has 9 heteroatoms. The number of halogens is 1. The lowest BCUT2D eigenvalue weighted by atomic mass is 10.1. The molecule has 0 bridgehead atoms. The second-order valence-corrected chi connectivity index (χ2v) is 10.1. The lowest BCUT2D eigenvalue weighted by Crippen LogP contribution is -2.21. The standard InChI is InChI=1S/C26H20ClN3O3S2/c1-2-33-23-14-16(7-12-22(23)31)13-19-21(15-34-18-10-8-17(27)9-11-18)29-30(25(19)32)26-28-20-5-3-4-6-24(20)35-26/h3-14,31H,2,15H2,1H3. The topological polar surface area (TPSA) is 75.0 Å². The van der Waals surface area contributed by atoms with E-state index in [4.69, 9.17) is 16.3 Å². The number of amides is 1. The number of phenols is 1. The Bertz CT molecular complexity index is 1430. The monoisotopic (exact) mass is 521 g/mol. The van der Waals surface area contributed by atoms with E-state index in [-0.39, 0.29) is 11.7 Å². The Morgan fingerprint density at radius 2 is 1.94 bits per heavy atom. The van der Waals surface area contributed by atoms with E-state index >= 15 is 0 Å². The van der Waals surface area contributed by atoms with Crippen LogP contribution in [0.3, 0.4) is 0 Å². The van der Waals surface area contributed by atoms with Crippen LogP contribution in [0.4, 0.5) is 5.13 Å². The molecule has 3 aromatic carbocycles. The van der Waals surface area contributed by atoms with E-state index in [1.807, 2.05) is 55.5 Å². The van der Waals surface area contributed by atoms with Crippen molar-refractivity contribution in [2.75, 3.05) is 17.4 Å². The molecule has 1 N–H and O–H groups in total. The SMILES string of the molecule is CCOc1cc(C=C2C(=O)N(c3nc4ccccc4s3)N=C2CSc2ccc(Cl)cc2)ccc1O. The van der Waals surface area contributed by atoms with Crippen LogP contribution in [0.25, 0.3) is 16.3 Å². The van der Waals surface area contributed by atoms with Crippen LogP contribution in [-0.4, -0.2) is 34.1 Å². The van der Waals surface area contributed by atoms with Crippen LogP contribution in [0.5, 0.6) is 11.5 Å². The Balaban J connectivity index is 1.50. The molecule has 35 heavy (non-hydrogen) atoms. The van der Waals surface area contributed by atoms with Gasteiger partial charge in [-0.05, 0) is 67.1 Å². The Kier molecular flexibility index (Phi) is 6.77. The highest BCUT2D eigenvalue weighted by Crippen LogP contribution is 2.35. The molecule has 0 saturated carbocycles. The van der Waals surface area contributed by atoms with Crippen molar-refractivity contribution in [3.63, 3.8) is 0 Å². The van der Waals surface area contributed by atoms with Gasteiger partial charge in [-0.25, -0.2) is 4.98 Å². The molecule has 0 atom stereocenters. The third-order valence-electron chi connectivity index (χ3n) is 5.20. The van der Waals surface area contributed by atoms with Crippen molar-refractivity contribution in [3.8, 4) is 11.5 Å². The van der Waals surface area contributed by atoms with Gasteiger partial charge in [-0.1, -0.05) is 41.1 Å². The predicted octanol–water partition coefficient (Wildman–Crippen LogP) is 6.63. The Hall–Kier alpha value is -3.33. The van der Waals surface area contributed by atoms with Crippen LogP contribution in [-0.2, 0) is 4.79 Å². The molecular formula is C26H20ClN3O3S2. The van der Waals surface area contributed by atoms with E-state index in [2.05, 4.69) is 10.1 Å². The van der Waals surface area contributed by atoms with E-state index in [9.17, 15) is 9.90 Å². The average Bonchev–Trinajstić information content (AvgIpc) is 3.42. The quantitative estimate of drug-likeness (QED) is 0.218. The summed E-state index contributed by atoms with van der Waals surface area (Å²) in [5.74, 6) is 0.651. The van der Waals surface area contributed by atoms with Gasteiger partial charge >= 0.3 is 0 Å². The number of thiazole rings is 1. The molecule has 0 radical (unpaired) electrons. The minimum absolute atomic E-state index is 0.0510. The number of hydrogen-bond acceptors (Lipinski definition) is 7. The summed E-state index contributed by atoms with van der Waals surface area (Å²) in [6, 6.07) is 20.3. The molecule has 176 valence electrons. The highest BCUT2D eigenvalue weighted by Gasteiger charge is 2.33. The Labute approximate surface area is 215 Å². The summed E-state index contributed by atoms with van der Waals surface area (Å²) >= 11 is 9.00. The number of rotatable bonds is 7. The van der Waals surface area contributed by atoms with Crippen LogP contribution in [0.1, 0.15) is 12.5 Å². The number of carbonyl (C=O) groups excluding carboxylic acids is 1. The van der Waals surface area contributed by atoms with Crippen LogP contribution in [0.15, 0.2) is 82.3 Å². The summed E-state index contributed by atoms with van der Waals surface area (Å²) in [6.07, 6.45) is 1.78. The molecule has 0 saturated heterocycles. The number of ether oxygens (including phenoxy) is 1. The van der Waals surface area contributed by atoms with Crippen LogP contribution in [0.2, 0.25) is 5.02 Å². The van der Waals surface area contributed by atoms with Gasteiger partial charge in [0, 0.05) is 15.7 Å². The fourth-order valence-electron chi connectivity index (χ4n) is 3.53. The third kappa shape index (κ3) is 5.05. The number of phenolic OH excluding ortho intramolecular Hbond substituents is 1. The van der Waals surface area contributed by atoms with Crippen molar-refractivity contribution < 1.29 is 14.6 Å². The fraction of sp³-hybridized carbons (Fsp3) is 0.115. The molecule has 2 heterocycles. The molecular weight excluding hydrogens is 502 g/mol. The largest absolute Gasteiger partial charge is 0.504 e. The predicted molar refractivity (Wildman–Crippen MR) is 144 cm³/mol. The number of thioether (sulfide) groups is 1. The van der Waals surface area contributed by atoms with Crippen molar-refractivity contribution in [2.24, 2.45) is 5.10 Å². The van der Waals surface area contributed by atoms with E-state index in [1.54, 1.807) is 36.0 Å². The lowest BCUT2D eigenvalue weighted by Gasteiger charge is -2.08.